The fraction of sp³-hybridized carbons (Fsp3) is 0.412. The van der Waals surface area contributed by atoms with E-state index in [0.717, 1.165) is 12.3 Å². The van der Waals surface area contributed by atoms with E-state index in [1.54, 1.807) is 0 Å². The molecule has 1 nitrogen and oxygen atoms in total. The van der Waals surface area contributed by atoms with E-state index in [1.807, 2.05) is 23.1 Å². The second kappa shape index (κ2) is 7.87. The predicted molar refractivity (Wildman–Crippen MR) is 92.0 cm³/mol. The van der Waals surface area contributed by atoms with Gasteiger partial charge in [-0.25, -0.2) is 0 Å². The topological polar surface area (TPSA) is 12.0 Å². The molecule has 0 spiro atoms. The van der Waals surface area contributed by atoms with Gasteiger partial charge in [0.1, 0.15) is 0 Å². The Kier molecular flexibility index (Phi) is 6.14. The Balaban J connectivity index is 2.03. The van der Waals surface area contributed by atoms with Crippen molar-refractivity contribution in [2.24, 2.45) is 0 Å². The molecule has 0 radical (unpaired) electrons. The van der Waals surface area contributed by atoms with E-state index in [1.165, 1.54) is 27.3 Å². The van der Waals surface area contributed by atoms with Crippen LogP contribution in [0.4, 0.5) is 0 Å². The minimum Gasteiger partial charge on any atom is -0.309 e. The molecule has 1 atom stereocenters. The lowest BCUT2D eigenvalue weighted by Gasteiger charge is -2.18. The van der Waals surface area contributed by atoms with E-state index < -0.39 is 0 Å². The summed E-state index contributed by atoms with van der Waals surface area (Å²) in [6.45, 7) is 7.67. The zero-order valence-electron chi connectivity index (χ0n) is 12.5. The quantitative estimate of drug-likeness (QED) is 0.706. The molecule has 108 valence electrons. The molecule has 0 aliphatic rings. The molecule has 2 aromatic rings. The monoisotopic (exact) mass is 305 g/mol. The van der Waals surface area contributed by atoms with Crippen molar-refractivity contribution in [1.29, 1.82) is 0 Å². The summed E-state index contributed by atoms with van der Waals surface area (Å²) in [6, 6.07) is 11.5. The van der Waals surface area contributed by atoms with E-state index >= 15 is 0 Å². The zero-order valence-corrected chi connectivity index (χ0v) is 14.1. The van der Waals surface area contributed by atoms with Crippen molar-refractivity contribution < 1.29 is 0 Å². The second-order valence-corrected chi connectivity index (χ2v) is 7.28. The number of hydrogen-bond acceptors (Lipinski definition) is 3. The van der Waals surface area contributed by atoms with Crippen molar-refractivity contribution in [2.75, 3.05) is 12.3 Å². The van der Waals surface area contributed by atoms with Gasteiger partial charge in [0.05, 0.1) is 0 Å². The van der Waals surface area contributed by atoms with E-state index in [4.69, 9.17) is 0 Å². The van der Waals surface area contributed by atoms with Gasteiger partial charge in [-0.3, -0.25) is 0 Å². The number of aryl methyl sites for hydroxylation is 2. The highest BCUT2D eigenvalue weighted by molar-refractivity contribution is 7.99. The first-order valence-corrected chi connectivity index (χ1v) is 9.04. The lowest BCUT2D eigenvalue weighted by molar-refractivity contribution is 0.577. The van der Waals surface area contributed by atoms with Gasteiger partial charge in [0.25, 0.3) is 0 Å². The molecule has 0 fully saturated rings. The van der Waals surface area contributed by atoms with Crippen LogP contribution in [0.3, 0.4) is 0 Å². The van der Waals surface area contributed by atoms with Crippen LogP contribution in [-0.4, -0.2) is 12.3 Å². The maximum absolute atomic E-state index is 3.68. The third-order valence-corrected chi connectivity index (χ3v) is 5.27. The van der Waals surface area contributed by atoms with Crippen LogP contribution in [0.25, 0.3) is 0 Å². The van der Waals surface area contributed by atoms with Crippen LogP contribution in [0.5, 0.6) is 0 Å². The molecular formula is C17H23NS2. The van der Waals surface area contributed by atoms with E-state index in [2.05, 4.69) is 61.8 Å². The van der Waals surface area contributed by atoms with Gasteiger partial charge in [0, 0.05) is 21.6 Å². The van der Waals surface area contributed by atoms with Crippen molar-refractivity contribution in [2.45, 2.75) is 38.1 Å². The summed E-state index contributed by atoms with van der Waals surface area (Å²) >= 11 is 3.78. The van der Waals surface area contributed by atoms with E-state index in [9.17, 15) is 0 Å². The third kappa shape index (κ3) is 4.37. The fourth-order valence-electron chi connectivity index (χ4n) is 2.22. The number of hydrogen-bond donors (Lipinski definition) is 1. The van der Waals surface area contributed by atoms with E-state index in [-0.39, 0.29) is 0 Å². The first kappa shape index (κ1) is 15.6. The Bertz CT molecular complexity index is 533. The minimum absolute atomic E-state index is 0.451. The Labute approximate surface area is 130 Å². The highest BCUT2D eigenvalue weighted by atomic mass is 32.2. The number of thioether (sulfide) groups is 1. The van der Waals surface area contributed by atoms with Crippen molar-refractivity contribution >= 4 is 23.1 Å². The average Bonchev–Trinajstić information content (AvgIpc) is 2.85. The maximum Gasteiger partial charge on any atom is 0.0426 e. The third-order valence-electron chi connectivity index (χ3n) is 3.32. The molecule has 1 aromatic heterocycles. The summed E-state index contributed by atoms with van der Waals surface area (Å²) < 4.78 is 0. The molecule has 3 heteroatoms. The van der Waals surface area contributed by atoms with Crippen molar-refractivity contribution in [3.8, 4) is 0 Å². The Morgan fingerprint density at radius 3 is 2.75 bits per heavy atom. The van der Waals surface area contributed by atoms with Crippen LogP contribution in [0, 0.1) is 13.8 Å². The smallest absolute Gasteiger partial charge is 0.0426 e. The lowest BCUT2D eigenvalue weighted by Crippen LogP contribution is -2.24. The molecule has 1 aromatic carbocycles. The van der Waals surface area contributed by atoms with Gasteiger partial charge in [-0.1, -0.05) is 24.6 Å². The van der Waals surface area contributed by atoms with Gasteiger partial charge >= 0.3 is 0 Å². The molecule has 1 heterocycles. The zero-order chi connectivity index (χ0) is 14.4. The summed E-state index contributed by atoms with van der Waals surface area (Å²) in [5.74, 6) is 1.08. The molecule has 0 saturated carbocycles. The highest BCUT2D eigenvalue weighted by Crippen LogP contribution is 2.29. The molecule has 0 aliphatic carbocycles. The van der Waals surface area contributed by atoms with Gasteiger partial charge in [-0.15, -0.1) is 23.1 Å². The molecule has 0 amide bonds. The van der Waals surface area contributed by atoms with Gasteiger partial charge < -0.3 is 5.32 Å². The fourth-order valence-corrected chi connectivity index (χ4v) is 4.08. The van der Waals surface area contributed by atoms with Crippen LogP contribution in [0.1, 0.15) is 35.4 Å². The van der Waals surface area contributed by atoms with Crippen LogP contribution < -0.4 is 5.32 Å². The Hall–Kier alpha value is -0.770. The van der Waals surface area contributed by atoms with Crippen molar-refractivity contribution in [3.63, 3.8) is 0 Å². The highest BCUT2D eigenvalue weighted by Gasteiger charge is 2.14. The first-order chi connectivity index (χ1) is 9.70. The summed E-state index contributed by atoms with van der Waals surface area (Å²) in [6.07, 6.45) is 1.18. The molecule has 1 unspecified atom stereocenters. The van der Waals surface area contributed by atoms with Crippen LogP contribution >= 0.6 is 23.1 Å². The lowest BCUT2D eigenvalue weighted by atomic mass is 10.1. The molecule has 0 aliphatic heterocycles. The first-order valence-electron chi connectivity index (χ1n) is 7.17. The van der Waals surface area contributed by atoms with Crippen LogP contribution in [0.15, 0.2) is 40.6 Å². The van der Waals surface area contributed by atoms with Crippen LogP contribution in [-0.2, 0) is 0 Å². The normalized spacial score (nSPS) is 12.6. The summed E-state index contributed by atoms with van der Waals surface area (Å²) in [5.41, 5.74) is 2.79. The van der Waals surface area contributed by atoms with Crippen molar-refractivity contribution in [1.82, 2.24) is 5.32 Å². The predicted octanol–water partition coefficient (Wildman–Crippen LogP) is 5.20. The van der Waals surface area contributed by atoms with Gasteiger partial charge in [-0.2, -0.15) is 0 Å². The average molecular weight is 306 g/mol. The molecule has 2 rings (SSSR count). The number of rotatable bonds is 7. The summed E-state index contributed by atoms with van der Waals surface area (Å²) in [4.78, 5) is 2.80. The molecule has 0 bridgehead atoms. The maximum atomic E-state index is 3.68. The number of nitrogens with one attached hydrogen (secondary N) is 1. The number of thiophene rings is 1. The Morgan fingerprint density at radius 1 is 1.25 bits per heavy atom. The standard InChI is InChI=1S/C17H23NS2/c1-4-9-18-17(16-8-10-19-14(16)3)12-20-15-7-5-6-13(2)11-15/h5-8,10-11,17-18H,4,9,12H2,1-3H3. The largest absolute Gasteiger partial charge is 0.309 e. The SMILES string of the molecule is CCCNC(CSc1cccc(C)c1)c1ccsc1C. The van der Waals surface area contributed by atoms with Gasteiger partial charge in [-0.05, 0) is 56.0 Å². The second-order valence-electron chi connectivity index (χ2n) is 5.07. The minimum atomic E-state index is 0.451. The van der Waals surface area contributed by atoms with Gasteiger partial charge in [0.2, 0.25) is 0 Å². The van der Waals surface area contributed by atoms with E-state index in [0.29, 0.717) is 6.04 Å². The number of benzene rings is 1. The van der Waals surface area contributed by atoms with Gasteiger partial charge in [0.15, 0.2) is 0 Å². The van der Waals surface area contributed by atoms with Crippen LogP contribution in [0.2, 0.25) is 0 Å². The molecule has 1 N–H and O–H groups in total. The van der Waals surface area contributed by atoms with Crippen molar-refractivity contribution in [3.05, 3.63) is 51.7 Å². The molecule has 0 saturated heterocycles. The molecular weight excluding hydrogens is 282 g/mol. The molecule has 20 heavy (non-hydrogen) atoms. The summed E-state index contributed by atoms with van der Waals surface area (Å²) in [7, 11) is 0. The summed E-state index contributed by atoms with van der Waals surface area (Å²) in [5, 5.41) is 5.88. The Morgan fingerprint density at radius 2 is 2.10 bits per heavy atom.